The monoisotopic (exact) mass is 379 g/mol. The molecule has 0 unspecified atom stereocenters. The first-order valence-corrected chi connectivity index (χ1v) is 8.54. The van der Waals surface area contributed by atoms with Crippen LogP contribution in [0.5, 0.6) is 17.2 Å². The summed E-state index contributed by atoms with van der Waals surface area (Å²) in [5.74, 6) is 1.91. The third kappa shape index (κ3) is 4.32. The molecule has 3 aromatic rings. The second-order valence-corrected chi connectivity index (χ2v) is 5.78. The summed E-state index contributed by atoms with van der Waals surface area (Å²) < 4.78 is 15.8. The van der Waals surface area contributed by atoms with Crippen molar-refractivity contribution in [3.8, 4) is 17.2 Å². The highest BCUT2D eigenvalue weighted by Crippen LogP contribution is 2.29. The van der Waals surface area contributed by atoms with Gasteiger partial charge >= 0.3 is 0 Å². The van der Waals surface area contributed by atoms with Crippen molar-refractivity contribution in [2.24, 2.45) is 0 Å². The van der Waals surface area contributed by atoms with Crippen LogP contribution in [0.2, 0.25) is 0 Å². The number of pyridine rings is 1. The molecular weight excluding hydrogens is 358 g/mol. The summed E-state index contributed by atoms with van der Waals surface area (Å²) in [6.07, 6.45) is 1.57. The van der Waals surface area contributed by atoms with E-state index in [1.54, 1.807) is 43.6 Å². The summed E-state index contributed by atoms with van der Waals surface area (Å²) in [4.78, 5) is 17.0. The van der Waals surface area contributed by atoms with E-state index in [9.17, 15) is 4.79 Å². The summed E-state index contributed by atoms with van der Waals surface area (Å²) >= 11 is 0. The zero-order chi connectivity index (χ0) is 19.9. The van der Waals surface area contributed by atoms with Crippen LogP contribution in [-0.2, 0) is 0 Å². The third-order valence-corrected chi connectivity index (χ3v) is 4.02. The van der Waals surface area contributed by atoms with Crippen LogP contribution in [-0.4, -0.2) is 32.2 Å². The second-order valence-electron chi connectivity index (χ2n) is 5.78. The molecule has 0 aliphatic carbocycles. The van der Waals surface area contributed by atoms with E-state index < -0.39 is 0 Å². The number of nitrogens with zero attached hydrogens (tertiary/aromatic N) is 1. The van der Waals surface area contributed by atoms with Gasteiger partial charge in [0.1, 0.15) is 28.6 Å². The van der Waals surface area contributed by atoms with E-state index in [1.165, 1.54) is 14.2 Å². The number of amides is 1. The Labute approximate surface area is 163 Å². The maximum atomic E-state index is 12.7. The molecule has 2 aromatic carbocycles. The number of hydrogen-bond acceptors (Lipinski definition) is 6. The molecule has 0 atom stereocenters. The van der Waals surface area contributed by atoms with Gasteiger partial charge in [-0.2, -0.15) is 0 Å². The molecule has 1 heterocycles. The van der Waals surface area contributed by atoms with Gasteiger partial charge in [-0.3, -0.25) is 4.79 Å². The number of rotatable bonds is 7. The minimum atomic E-state index is -0.343. The normalized spacial score (nSPS) is 10.1. The Morgan fingerprint density at radius 2 is 1.57 bits per heavy atom. The number of methoxy groups -OCH3 is 3. The first-order valence-electron chi connectivity index (χ1n) is 8.54. The lowest BCUT2D eigenvalue weighted by molar-refractivity contribution is 0.102. The van der Waals surface area contributed by atoms with Crippen LogP contribution in [0, 0.1) is 0 Å². The molecule has 28 heavy (non-hydrogen) atoms. The van der Waals surface area contributed by atoms with Gasteiger partial charge in [-0.25, -0.2) is 4.98 Å². The fourth-order valence-corrected chi connectivity index (χ4v) is 2.66. The SMILES string of the molecule is COc1cccc(Nc2ccc(NC(=O)c3c(OC)cccc3OC)cn2)c1. The van der Waals surface area contributed by atoms with E-state index in [0.29, 0.717) is 28.6 Å². The average molecular weight is 379 g/mol. The number of benzene rings is 2. The molecule has 0 spiro atoms. The first kappa shape index (κ1) is 19.0. The highest BCUT2D eigenvalue weighted by Gasteiger charge is 2.18. The number of carbonyl (C=O) groups excluding carboxylic acids is 1. The highest BCUT2D eigenvalue weighted by molar-refractivity contribution is 6.08. The smallest absolute Gasteiger partial charge is 0.263 e. The lowest BCUT2D eigenvalue weighted by atomic mass is 10.1. The van der Waals surface area contributed by atoms with E-state index in [2.05, 4.69) is 15.6 Å². The van der Waals surface area contributed by atoms with Gasteiger partial charge < -0.3 is 24.8 Å². The maximum Gasteiger partial charge on any atom is 0.263 e. The Hall–Kier alpha value is -3.74. The van der Waals surface area contributed by atoms with Crippen LogP contribution in [0.3, 0.4) is 0 Å². The minimum Gasteiger partial charge on any atom is -0.497 e. The van der Waals surface area contributed by atoms with Crippen LogP contribution in [0.15, 0.2) is 60.8 Å². The van der Waals surface area contributed by atoms with Crippen molar-refractivity contribution in [3.05, 3.63) is 66.4 Å². The molecule has 3 rings (SSSR count). The van der Waals surface area contributed by atoms with Gasteiger partial charge in [0.25, 0.3) is 5.91 Å². The average Bonchev–Trinajstić information content (AvgIpc) is 2.74. The Balaban J connectivity index is 1.73. The van der Waals surface area contributed by atoms with Crippen LogP contribution < -0.4 is 24.8 Å². The van der Waals surface area contributed by atoms with Gasteiger partial charge in [0.05, 0.1) is 33.2 Å². The first-order chi connectivity index (χ1) is 13.6. The van der Waals surface area contributed by atoms with Crippen LogP contribution in [0.25, 0.3) is 0 Å². The van der Waals surface area contributed by atoms with Gasteiger partial charge in [-0.1, -0.05) is 12.1 Å². The molecule has 0 saturated carbocycles. The quantitative estimate of drug-likeness (QED) is 0.643. The van der Waals surface area contributed by atoms with E-state index in [1.807, 2.05) is 24.3 Å². The summed E-state index contributed by atoms with van der Waals surface area (Å²) in [6.45, 7) is 0. The largest absolute Gasteiger partial charge is 0.497 e. The van der Waals surface area contributed by atoms with Gasteiger partial charge in [0.2, 0.25) is 0 Å². The van der Waals surface area contributed by atoms with Gasteiger partial charge in [0, 0.05) is 11.8 Å². The predicted octanol–water partition coefficient (Wildman–Crippen LogP) is 4.10. The van der Waals surface area contributed by atoms with Gasteiger partial charge in [-0.15, -0.1) is 0 Å². The number of anilines is 3. The fraction of sp³-hybridized carbons (Fsp3) is 0.143. The Kier molecular flexibility index (Phi) is 5.96. The molecule has 0 aliphatic heterocycles. The molecule has 7 heteroatoms. The molecule has 0 aliphatic rings. The van der Waals surface area contributed by atoms with Crippen LogP contribution >= 0.6 is 0 Å². The van der Waals surface area contributed by atoms with E-state index in [0.717, 1.165) is 11.4 Å². The zero-order valence-corrected chi connectivity index (χ0v) is 15.9. The maximum absolute atomic E-state index is 12.7. The summed E-state index contributed by atoms with van der Waals surface area (Å²) in [5, 5.41) is 5.99. The Morgan fingerprint density at radius 3 is 2.18 bits per heavy atom. The lowest BCUT2D eigenvalue weighted by Crippen LogP contribution is -2.14. The van der Waals surface area contributed by atoms with Gasteiger partial charge in [0.15, 0.2) is 0 Å². The van der Waals surface area contributed by atoms with Gasteiger partial charge in [-0.05, 0) is 36.4 Å². The van der Waals surface area contributed by atoms with Crippen molar-refractivity contribution in [2.75, 3.05) is 32.0 Å². The Bertz CT molecular complexity index is 936. The molecule has 144 valence electrons. The standard InChI is InChI=1S/C21H21N3O4/c1-26-16-7-4-6-14(12-16)23-19-11-10-15(13-22-19)24-21(25)20-17(27-2)8-5-9-18(20)28-3/h4-13H,1-3H3,(H,22,23)(H,24,25). The molecular formula is C21H21N3O4. The van der Waals surface area contributed by atoms with Crippen molar-refractivity contribution in [1.29, 1.82) is 0 Å². The van der Waals surface area contributed by atoms with E-state index in [-0.39, 0.29) is 5.91 Å². The Morgan fingerprint density at radius 1 is 0.857 bits per heavy atom. The third-order valence-electron chi connectivity index (χ3n) is 4.02. The molecule has 0 radical (unpaired) electrons. The number of nitrogens with one attached hydrogen (secondary N) is 2. The van der Waals surface area contributed by atoms with Crippen molar-refractivity contribution in [2.45, 2.75) is 0 Å². The molecule has 1 aromatic heterocycles. The fourth-order valence-electron chi connectivity index (χ4n) is 2.66. The van der Waals surface area contributed by atoms with Crippen molar-refractivity contribution < 1.29 is 19.0 Å². The van der Waals surface area contributed by atoms with E-state index in [4.69, 9.17) is 14.2 Å². The summed E-state index contributed by atoms with van der Waals surface area (Å²) in [5.41, 5.74) is 1.72. The summed E-state index contributed by atoms with van der Waals surface area (Å²) in [7, 11) is 4.63. The molecule has 0 saturated heterocycles. The molecule has 7 nitrogen and oxygen atoms in total. The van der Waals surface area contributed by atoms with Crippen LogP contribution in [0.4, 0.5) is 17.2 Å². The summed E-state index contributed by atoms with van der Waals surface area (Å²) in [6, 6.07) is 16.2. The molecule has 1 amide bonds. The molecule has 0 fully saturated rings. The number of hydrogen-bond donors (Lipinski definition) is 2. The molecule has 0 bridgehead atoms. The number of ether oxygens (including phenoxy) is 3. The van der Waals surface area contributed by atoms with E-state index >= 15 is 0 Å². The second kappa shape index (κ2) is 8.77. The van der Waals surface area contributed by atoms with Crippen molar-refractivity contribution in [1.82, 2.24) is 4.98 Å². The highest BCUT2D eigenvalue weighted by atomic mass is 16.5. The number of carbonyl (C=O) groups is 1. The van der Waals surface area contributed by atoms with Crippen molar-refractivity contribution in [3.63, 3.8) is 0 Å². The topological polar surface area (TPSA) is 81.7 Å². The minimum absolute atomic E-state index is 0.325. The van der Waals surface area contributed by atoms with Crippen molar-refractivity contribution >= 4 is 23.1 Å². The molecule has 2 N–H and O–H groups in total. The predicted molar refractivity (Wildman–Crippen MR) is 108 cm³/mol. The lowest BCUT2D eigenvalue weighted by Gasteiger charge is -2.13. The number of aromatic nitrogens is 1. The van der Waals surface area contributed by atoms with Crippen LogP contribution in [0.1, 0.15) is 10.4 Å². The zero-order valence-electron chi connectivity index (χ0n) is 15.9.